The van der Waals surface area contributed by atoms with Crippen LogP contribution in [0, 0.1) is 5.41 Å². The molecule has 1 aliphatic heterocycles. The smallest absolute Gasteiger partial charge is 0.237 e. The van der Waals surface area contributed by atoms with Crippen LogP contribution in [-0.2, 0) is 9.59 Å². The third-order valence-corrected chi connectivity index (χ3v) is 3.98. The van der Waals surface area contributed by atoms with Gasteiger partial charge < -0.3 is 16.0 Å². The molecule has 0 aromatic rings. The van der Waals surface area contributed by atoms with Gasteiger partial charge in [-0.3, -0.25) is 9.59 Å². The average molecular weight is 297 g/mol. The first-order chi connectivity index (χ1) is 9.75. The Morgan fingerprint density at radius 2 is 1.86 bits per heavy atom. The predicted octanol–water partition coefficient (Wildman–Crippen LogP) is 1.66. The second-order valence-electron chi connectivity index (χ2n) is 7.07. The number of rotatable bonds is 5. The van der Waals surface area contributed by atoms with E-state index in [4.69, 9.17) is 5.73 Å². The molecular formula is C16H31N3O2. The summed E-state index contributed by atoms with van der Waals surface area (Å²) in [5.74, 6) is 0.135. The van der Waals surface area contributed by atoms with Gasteiger partial charge in [0.15, 0.2) is 0 Å². The molecule has 2 amide bonds. The summed E-state index contributed by atoms with van der Waals surface area (Å²) >= 11 is 0. The summed E-state index contributed by atoms with van der Waals surface area (Å²) in [7, 11) is 0. The number of carbonyl (C=O) groups is 2. The molecule has 5 nitrogen and oxygen atoms in total. The maximum atomic E-state index is 12.2. The molecule has 1 saturated heterocycles. The second-order valence-corrected chi connectivity index (χ2v) is 7.07. The van der Waals surface area contributed by atoms with Gasteiger partial charge in [-0.25, -0.2) is 0 Å². The Labute approximate surface area is 128 Å². The summed E-state index contributed by atoms with van der Waals surface area (Å²) in [4.78, 5) is 26.1. The molecule has 0 saturated carbocycles. The molecule has 21 heavy (non-hydrogen) atoms. The summed E-state index contributed by atoms with van der Waals surface area (Å²) < 4.78 is 0. The van der Waals surface area contributed by atoms with Gasteiger partial charge in [0.1, 0.15) is 0 Å². The minimum atomic E-state index is -0.404. The van der Waals surface area contributed by atoms with Gasteiger partial charge in [-0.1, -0.05) is 40.5 Å². The molecule has 1 atom stereocenters. The van der Waals surface area contributed by atoms with Gasteiger partial charge in [-0.05, 0) is 19.3 Å². The van der Waals surface area contributed by atoms with Crippen LogP contribution < -0.4 is 11.1 Å². The lowest BCUT2D eigenvalue weighted by molar-refractivity contribution is -0.140. The zero-order chi connectivity index (χ0) is 16.0. The lowest BCUT2D eigenvalue weighted by atomic mass is 9.93. The highest BCUT2D eigenvalue weighted by Gasteiger charge is 2.31. The maximum absolute atomic E-state index is 12.2. The number of amides is 2. The third kappa shape index (κ3) is 5.65. The molecule has 1 unspecified atom stereocenters. The van der Waals surface area contributed by atoms with Gasteiger partial charge in [0.25, 0.3) is 0 Å². The average Bonchev–Trinajstić information content (AvgIpc) is 2.43. The molecule has 3 N–H and O–H groups in total. The number of carbonyl (C=O) groups excluding carboxylic acids is 2. The molecule has 5 heteroatoms. The number of hydrogen-bond acceptors (Lipinski definition) is 3. The second kappa shape index (κ2) is 7.78. The molecule has 0 aromatic heterocycles. The van der Waals surface area contributed by atoms with E-state index in [-0.39, 0.29) is 23.3 Å². The molecule has 0 aromatic carbocycles. The molecule has 1 fully saturated rings. The van der Waals surface area contributed by atoms with Crippen molar-refractivity contribution in [2.24, 2.45) is 11.1 Å². The highest BCUT2D eigenvalue weighted by molar-refractivity contribution is 5.82. The fourth-order valence-electron chi connectivity index (χ4n) is 2.56. The van der Waals surface area contributed by atoms with Crippen LogP contribution in [0.3, 0.4) is 0 Å². The number of nitrogens with one attached hydrogen (secondary N) is 1. The van der Waals surface area contributed by atoms with Crippen LogP contribution in [-0.4, -0.2) is 41.9 Å². The van der Waals surface area contributed by atoms with E-state index in [9.17, 15) is 9.59 Å². The molecule has 122 valence electrons. The van der Waals surface area contributed by atoms with E-state index in [2.05, 4.69) is 12.2 Å². The Morgan fingerprint density at radius 1 is 1.29 bits per heavy atom. The molecule has 0 aliphatic carbocycles. The predicted molar refractivity (Wildman–Crippen MR) is 84.7 cm³/mol. The van der Waals surface area contributed by atoms with Gasteiger partial charge in [0.05, 0.1) is 6.04 Å². The summed E-state index contributed by atoms with van der Waals surface area (Å²) in [6, 6.07) is -0.256. The first kappa shape index (κ1) is 18.0. The minimum absolute atomic E-state index is 0.0518. The van der Waals surface area contributed by atoms with Crippen molar-refractivity contribution in [2.75, 3.05) is 13.1 Å². The number of unbranched alkanes of at least 4 members (excludes halogenated alkanes) is 1. The van der Waals surface area contributed by atoms with E-state index in [0.29, 0.717) is 13.1 Å². The molecule has 0 spiro atoms. The molecule has 1 aliphatic rings. The fraction of sp³-hybridized carbons (Fsp3) is 0.875. The Morgan fingerprint density at radius 3 is 2.33 bits per heavy atom. The molecule has 0 radical (unpaired) electrons. The Kier molecular flexibility index (Phi) is 6.65. The van der Waals surface area contributed by atoms with Gasteiger partial charge in [0, 0.05) is 24.5 Å². The zero-order valence-corrected chi connectivity index (χ0v) is 13.9. The first-order valence-electron chi connectivity index (χ1n) is 8.11. The lowest BCUT2D eigenvalue weighted by Gasteiger charge is -2.36. The standard InChI is InChI=1S/C16H31N3O2/c1-5-6-7-13(17)14(20)18-12-8-10-19(11-9-12)15(21)16(2,3)4/h12-13H,5-11,17H2,1-4H3,(H,18,20). The van der Waals surface area contributed by atoms with Crippen LogP contribution in [0.4, 0.5) is 0 Å². The third-order valence-electron chi connectivity index (χ3n) is 3.98. The van der Waals surface area contributed by atoms with Crippen LogP contribution in [0.1, 0.15) is 59.8 Å². The van der Waals surface area contributed by atoms with Crippen molar-refractivity contribution in [3.63, 3.8) is 0 Å². The van der Waals surface area contributed by atoms with Crippen molar-refractivity contribution in [2.45, 2.75) is 71.9 Å². The van der Waals surface area contributed by atoms with Crippen molar-refractivity contribution < 1.29 is 9.59 Å². The maximum Gasteiger partial charge on any atom is 0.237 e. The quantitative estimate of drug-likeness (QED) is 0.810. The van der Waals surface area contributed by atoms with Crippen LogP contribution >= 0.6 is 0 Å². The van der Waals surface area contributed by atoms with Crippen LogP contribution in [0.5, 0.6) is 0 Å². The van der Waals surface area contributed by atoms with Gasteiger partial charge in [0.2, 0.25) is 11.8 Å². The molecule has 1 rings (SSSR count). The number of nitrogens with two attached hydrogens (primary N) is 1. The zero-order valence-electron chi connectivity index (χ0n) is 13.9. The van der Waals surface area contributed by atoms with E-state index < -0.39 is 6.04 Å². The first-order valence-corrected chi connectivity index (χ1v) is 8.11. The van der Waals surface area contributed by atoms with E-state index in [1.54, 1.807) is 0 Å². The van der Waals surface area contributed by atoms with Crippen molar-refractivity contribution in [3.8, 4) is 0 Å². The number of nitrogens with zero attached hydrogens (tertiary/aromatic N) is 1. The number of piperidine rings is 1. The highest BCUT2D eigenvalue weighted by atomic mass is 16.2. The van der Waals surface area contributed by atoms with Gasteiger partial charge in [-0.2, -0.15) is 0 Å². The summed E-state index contributed by atoms with van der Waals surface area (Å²) in [5, 5.41) is 3.02. The molecular weight excluding hydrogens is 266 g/mol. The Bertz CT molecular complexity index is 355. The van der Waals surface area contributed by atoms with Crippen molar-refractivity contribution >= 4 is 11.8 Å². The van der Waals surface area contributed by atoms with Gasteiger partial charge >= 0.3 is 0 Å². The minimum Gasteiger partial charge on any atom is -0.352 e. The molecule has 1 heterocycles. The monoisotopic (exact) mass is 297 g/mol. The summed E-state index contributed by atoms with van der Waals surface area (Å²) in [5.41, 5.74) is 5.54. The van der Waals surface area contributed by atoms with E-state index in [1.807, 2.05) is 25.7 Å². The van der Waals surface area contributed by atoms with E-state index in [0.717, 1.165) is 32.1 Å². The summed E-state index contributed by atoms with van der Waals surface area (Å²) in [6.07, 6.45) is 4.40. The van der Waals surface area contributed by atoms with Crippen LogP contribution in [0.15, 0.2) is 0 Å². The number of likely N-dealkylation sites (tertiary alicyclic amines) is 1. The van der Waals surface area contributed by atoms with Crippen molar-refractivity contribution in [1.29, 1.82) is 0 Å². The lowest BCUT2D eigenvalue weighted by Crippen LogP contribution is -2.52. The highest BCUT2D eigenvalue weighted by Crippen LogP contribution is 2.21. The van der Waals surface area contributed by atoms with Crippen molar-refractivity contribution in [3.05, 3.63) is 0 Å². The van der Waals surface area contributed by atoms with Crippen molar-refractivity contribution in [1.82, 2.24) is 10.2 Å². The number of hydrogen-bond donors (Lipinski definition) is 2. The Balaban J connectivity index is 2.36. The molecule has 0 bridgehead atoms. The van der Waals surface area contributed by atoms with E-state index >= 15 is 0 Å². The Hall–Kier alpha value is -1.10. The van der Waals surface area contributed by atoms with Crippen LogP contribution in [0.2, 0.25) is 0 Å². The summed E-state index contributed by atoms with van der Waals surface area (Å²) in [6.45, 7) is 9.34. The van der Waals surface area contributed by atoms with E-state index in [1.165, 1.54) is 0 Å². The fourth-order valence-corrected chi connectivity index (χ4v) is 2.56. The normalized spacial score (nSPS) is 18.4. The van der Waals surface area contributed by atoms with Crippen LogP contribution in [0.25, 0.3) is 0 Å². The SMILES string of the molecule is CCCCC(N)C(=O)NC1CCN(C(=O)C(C)(C)C)CC1. The van der Waals surface area contributed by atoms with Gasteiger partial charge in [-0.15, -0.1) is 0 Å². The largest absolute Gasteiger partial charge is 0.352 e. The topological polar surface area (TPSA) is 75.4 Å².